The SMILES string of the molecule is Cc1c(Cl)cccc1S(=O)(=O)N1C[C@H](O)C[C@@H]1C(=O)O. The normalized spacial score (nSPS) is 23.9. The van der Waals surface area contributed by atoms with Crippen LogP contribution in [-0.4, -0.2) is 47.6 Å². The van der Waals surface area contributed by atoms with Crippen LogP contribution in [0.4, 0.5) is 0 Å². The molecule has 0 aromatic heterocycles. The fourth-order valence-electron chi connectivity index (χ4n) is 2.27. The quantitative estimate of drug-likeness (QED) is 0.861. The van der Waals surface area contributed by atoms with Crippen LogP contribution in [0.5, 0.6) is 0 Å². The molecule has 1 aliphatic heterocycles. The fraction of sp³-hybridized carbons (Fsp3) is 0.417. The largest absolute Gasteiger partial charge is 0.480 e. The van der Waals surface area contributed by atoms with Crippen LogP contribution in [0.1, 0.15) is 12.0 Å². The first-order valence-corrected chi connectivity index (χ1v) is 7.74. The highest BCUT2D eigenvalue weighted by Crippen LogP contribution is 2.30. The molecule has 2 atom stereocenters. The summed E-state index contributed by atoms with van der Waals surface area (Å²) in [7, 11) is -4.01. The van der Waals surface area contributed by atoms with Crippen LogP contribution in [0, 0.1) is 6.92 Å². The monoisotopic (exact) mass is 319 g/mol. The second-order valence-electron chi connectivity index (χ2n) is 4.68. The van der Waals surface area contributed by atoms with Gasteiger partial charge in [-0.1, -0.05) is 17.7 Å². The summed E-state index contributed by atoms with van der Waals surface area (Å²) in [5, 5.41) is 18.9. The minimum absolute atomic E-state index is 0.0367. The van der Waals surface area contributed by atoms with Gasteiger partial charge >= 0.3 is 5.97 Å². The number of hydrogen-bond donors (Lipinski definition) is 2. The molecule has 1 aliphatic rings. The second-order valence-corrected chi connectivity index (χ2v) is 6.95. The summed E-state index contributed by atoms with van der Waals surface area (Å²) < 4.78 is 25.9. The number of aliphatic carboxylic acids is 1. The van der Waals surface area contributed by atoms with Crippen LogP contribution in [-0.2, 0) is 14.8 Å². The minimum Gasteiger partial charge on any atom is -0.480 e. The molecule has 0 amide bonds. The average molecular weight is 320 g/mol. The van der Waals surface area contributed by atoms with E-state index >= 15 is 0 Å². The van der Waals surface area contributed by atoms with Crippen molar-refractivity contribution in [1.82, 2.24) is 4.31 Å². The van der Waals surface area contributed by atoms with Crippen molar-refractivity contribution in [2.24, 2.45) is 0 Å². The van der Waals surface area contributed by atoms with Gasteiger partial charge in [-0.25, -0.2) is 8.42 Å². The number of benzene rings is 1. The number of aliphatic hydroxyl groups excluding tert-OH is 1. The number of carbonyl (C=O) groups is 1. The maximum atomic E-state index is 12.6. The lowest BCUT2D eigenvalue weighted by molar-refractivity contribution is -0.140. The Kier molecular flexibility index (Phi) is 4.06. The molecule has 2 N–H and O–H groups in total. The van der Waals surface area contributed by atoms with E-state index in [0.717, 1.165) is 4.31 Å². The van der Waals surface area contributed by atoms with Crippen molar-refractivity contribution in [1.29, 1.82) is 0 Å². The molecule has 20 heavy (non-hydrogen) atoms. The molecule has 1 fully saturated rings. The number of nitrogens with zero attached hydrogens (tertiary/aromatic N) is 1. The number of rotatable bonds is 3. The Morgan fingerprint density at radius 2 is 2.10 bits per heavy atom. The van der Waals surface area contributed by atoms with E-state index in [-0.39, 0.29) is 22.9 Å². The first-order chi connectivity index (χ1) is 9.25. The molecule has 1 saturated heterocycles. The summed E-state index contributed by atoms with van der Waals surface area (Å²) in [4.78, 5) is 11.1. The van der Waals surface area contributed by atoms with Gasteiger partial charge in [0.05, 0.1) is 11.0 Å². The predicted molar refractivity (Wildman–Crippen MR) is 72.1 cm³/mol. The van der Waals surface area contributed by atoms with Crippen molar-refractivity contribution in [2.45, 2.75) is 30.4 Å². The molecule has 0 radical (unpaired) electrons. The third-order valence-corrected chi connectivity index (χ3v) is 5.75. The molecule has 1 heterocycles. The average Bonchev–Trinajstić information content (AvgIpc) is 2.75. The number of carboxylic acids is 1. The van der Waals surface area contributed by atoms with Crippen LogP contribution in [0.2, 0.25) is 5.02 Å². The summed E-state index contributed by atoms with van der Waals surface area (Å²) in [6.45, 7) is 1.32. The van der Waals surface area contributed by atoms with E-state index in [4.69, 9.17) is 16.7 Å². The Hall–Kier alpha value is -1.15. The first kappa shape index (κ1) is 15.2. The van der Waals surface area contributed by atoms with E-state index in [1.165, 1.54) is 12.1 Å². The van der Waals surface area contributed by atoms with Gasteiger partial charge in [-0.3, -0.25) is 4.79 Å². The molecule has 1 aromatic carbocycles. The number of halogens is 1. The van der Waals surface area contributed by atoms with Crippen LogP contribution in [0.3, 0.4) is 0 Å². The smallest absolute Gasteiger partial charge is 0.322 e. The minimum atomic E-state index is -4.01. The van der Waals surface area contributed by atoms with E-state index in [9.17, 15) is 18.3 Å². The molecule has 0 aliphatic carbocycles. The second kappa shape index (κ2) is 5.33. The topological polar surface area (TPSA) is 94.9 Å². The molecule has 0 bridgehead atoms. The van der Waals surface area contributed by atoms with E-state index in [1.54, 1.807) is 13.0 Å². The third-order valence-electron chi connectivity index (χ3n) is 3.32. The van der Waals surface area contributed by atoms with Crippen LogP contribution < -0.4 is 0 Å². The van der Waals surface area contributed by atoms with Gasteiger partial charge in [-0.15, -0.1) is 0 Å². The highest BCUT2D eigenvalue weighted by atomic mass is 35.5. The van der Waals surface area contributed by atoms with E-state index in [1.807, 2.05) is 0 Å². The Labute approximate surface area is 121 Å². The molecule has 110 valence electrons. The Bertz CT molecular complexity index is 645. The molecule has 6 nitrogen and oxygen atoms in total. The predicted octanol–water partition coefficient (Wildman–Crippen LogP) is 0.857. The van der Waals surface area contributed by atoms with Crippen molar-refractivity contribution in [3.8, 4) is 0 Å². The summed E-state index contributed by atoms with van der Waals surface area (Å²) in [5.74, 6) is -1.27. The van der Waals surface area contributed by atoms with Crippen molar-refractivity contribution in [2.75, 3.05) is 6.54 Å². The molecular formula is C12H14ClNO5S. The van der Waals surface area contributed by atoms with E-state index in [2.05, 4.69) is 0 Å². The van der Waals surface area contributed by atoms with Gasteiger partial charge in [0.25, 0.3) is 0 Å². The van der Waals surface area contributed by atoms with Gasteiger partial charge < -0.3 is 10.2 Å². The van der Waals surface area contributed by atoms with Crippen molar-refractivity contribution >= 4 is 27.6 Å². The zero-order chi connectivity index (χ0) is 15.1. The Balaban J connectivity index is 2.49. The summed E-state index contributed by atoms with van der Waals surface area (Å²) in [6, 6.07) is 3.17. The van der Waals surface area contributed by atoms with Gasteiger partial charge in [0, 0.05) is 18.0 Å². The zero-order valence-corrected chi connectivity index (χ0v) is 12.2. The molecule has 2 rings (SSSR count). The molecule has 0 unspecified atom stereocenters. The van der Waals surface area contributed by atoms with Gasteiger partial charge in [0.1, 0.15) is 6.04 Å². The highest BCUT2D eigenvalue weighted by Gasteiger charge is 2.44. The summed E-state index contributed by atoms with van der Waals surface area (Å²) in [6.07, 6.45) is -1.10. The summed E-state index contributed by atoms with van der Waals surface area (Å²) >= 11 is 5.91. The fourth-order valence-corrected chi connectivity index (χ4v) is 4.38. The first-order valence-electron chi connectivity index (χ1n) is 5.93. The van der Waals surface area contributed by atoms with Crippen molar-refractivity contribution in [3.63, 3.8) is 0 Å². The standard InChI is InChI=1S/C12H14ClNO5S/c1-7-9(13)3-2-4-11(7)20(18,19)14-6-8(15)5-10(14)12(16)17/h2-4,8,10,15H,5-6H2,1H3,(H,16,17)/t8-,10-/m1/s1. The van der Waals surface area contributed by atoms with E-state index in [0.29, 0.717) is 5.56 Å². The third kappa shape index (κ3) is 2.54. The van der Waals surface area contributed by atoms with Crippen LogP contribution in [0.25, 0.3) is 0 Å². The number of β-amino-alcohol motifs (C(OH)–C–C–N with tert-alkyl or cyclic N) is 1. The van der Waals surface area contributed by atoms with Gasteiger partial charge in [0.2, 0.25) is 10.0 Å². The number of sulfonamides is 1. The van der Waals surface area contributed by atoms with Crippen LogP contribution >= 0.6 is 11.6 Å². The van der Waals surface area contributed by atoms with Crippen molar-refractivity contribution in [3.05, 3.63) is 28.8 Å². The molecule has 0 spiro atoms. The lowest BCUT2D eigenvalue weighted by Gasteiger charge is -2.22. The van der Waals surface area contributed by atoms with Crippen LogP contribution in [0.15, 0.2) is 23.1 Å². The molecule has 1 aromatic rings. The lowest BCUT2D eigenvalue weighted by Crippen LogP contribution is -2.40. The molecule has 0 saturated carbocycles. The van der Waals surface area contributed by atoms with Gasteiger partial charge in [0.15, 0.2) is 0 Å². The van der Waals surface area contributed by atoms with Gasteiger partial charge in [-0.2, -0.15) is 4.31 Å². The Morgan fingerprint density at radius 1 is 1.45 bits per heavy atom. The lowest BCUT2D eigenvalue weighted by atomic mass is 10.2. The maximum Gasteiger partial charge on any atom is 0.322 e. The molecular weight excluding hydrogens is 306 g/mol. The number of hydrogen-bond acceptors (Lipinski definition) is 4. The van der Waals surface area contributed by atoms with Gasteiger partial charge in [-0.05, 0) is 24.6 Å². The Morgan fingerprint density at radius 3 is 2.70 bits per heavy atom. The van der Waals surface area contributed by atoms with E-state index < -0.39 is 28.1 Å². The highest BCUT2D eigenvalue weighted by molar-refractivity contribution is 7.89. The number of carboxylic acid groups (broad SMARTS) is 1. The van der Waals surface area contributed by atoms with Crippen molar-refractivity contribution < 1.29 is 23.4 Å². The zero-order valence-electron chi connectivity index (χ0n) is 10.7. The number of aliphatic hydroxyl groups is 1. The molecule has 8 heteroatoms. The maximum absolute atomic E-state index is 12.6. The summed E-state index contributed by atoms with van der Waals surface area (Å²) in [5.41, 5.74) is 0.361.